The molecule has 1 saturated heterocycles. The number of likely N-dealkylation sites (N-methyl/N-ethyl adjacent to an activating group) is 1. The first-order valence-electron chi connectivity index (χ1n) is 7.57. The van der Waals surface area contributed by atoms with E-state index in [1.54, 1.807) is 13.8 Å². The quantitative estimate of drug-likeness (QED) is 0.775. The van der Waals surface area contributed by atoms with Crippen LogP contribution in [0, 0.1) is 0 Å². The fourth-order valence-electron chi connectivity index (χ4n) is 2.80. The third-order valence-corrected chi connectivity index (χ3v) is 6.34. The number of hydrogen-bond donors (Lipinski definition) is 1. The molecule has 0 aromatic heterocycles. The number of piperidine rings is 1. The van der Waals surface area contributed by atoms with Gasteiger partial charge in [-0.05, 0) is 46.7 Å². The van der Waals surface area contributed by atoms with Gasteiger partial charge in [0.2, 0.25) is 0 Å². The maximum atomic E-state index is 11.9. The van der Waals surface area contributed by atoms with Crippen LogP contribution in [0.2, 0.25) is 0 Å². The lowest BCUT2D eigenvalue weighted by Crippen LogP contribution is -2.52. The van der Waals surface area contributed by atoms with Gasteiger partial charge in [-0.3, -0.25) is 4.90 Å². The Hall–Kier alpha value is -0.130. The van der Waals surface area contributed by atoms with Crippen LogP contribution < -0.4 is 5.32 Å². The average molecular weight is 290 g/mol. The molecule has 0 bridgehead atoms. The van der Waals surface area contributed by atoms with Gasteiger partial charge in [0.1, 0.15) is 0 Å². The molecule has 1 N–H and O–H groups in total. The summed E-state index contributed by atoms with van der Waals surface area (Å²) in [5, 5.41) is 3.21. The monoisotopic (exact) mass is 290 g/mol. The van der Waals surface area contributed by atoms with Gasteiger partial charge in [-0.1, -0.05) is 13.3 Å². The highest BCUT2D eigenvalue weighted by Gasteiger charge is 2.28. The molecule has 2 unspecified atom stereocenters. The zero-order valence-corrected chi connectivity index (χ0v) is 13.7. The Balaban J connectivity index is 2.58. The van der Waals surface area contributed by atoms with Gasteiger partial charge in [-0.2, -0.15) is 0 Å². The van der Waals surface area contributed by atoms with Crippen molar-refractivity contribution in [3.8, 4) is 0 Å². The molecular formula is C14H30N2O2S. The summed E-state index contributed by atoms with van der Waals surface area (Å²) in [6, 6.07) is 0.920. The third-order valence-electron chi connectivity index (χ3n) is 4.15. The predicted molar refractivity (Wildman–Crippen MR) is 81.3 cm³/mol. The summed E-state index contributed by atoms with van der Waals surface area (Å²) in [4.78, 5) is 2.37. The van der Waals surface area contributed by atoms with Gasteiger partial charge in [0, 0.05) is 18.6 Å². The molecule has 1 rings (SSSR count). The van der Waals surface area contributed by atoms with Crippen LogP contribution in [0.15, 0.2) is 0 Å². The molecule has 0 aliphatic carbocycles. The standard InChI is InChI=1S/C14H30N2O2S/c1-5-15-13(4)14-8-6-7-9-16(14)10-11-19(17,18)12(2)3/h12-15H,5-11H2,1-4H3. The van der Waals surface area contributed by atoms with Crippen molar-refractivity contribution in [2.45, 2.75) is 64.3 Å². The fourth-order valence-corrected chi connectivity index (χ4v) is 3.76. The van der Waals surface area contributed by atoms with E-state index in [4.69, 9.17) is 0 Å². The third kappa shape index (κ3) is 5.04. The van der Waals surface area contributed by atoms with Crippen LogP contribution in [-0.4, -0.2) is 56.0 Å². The lowest BCUT2D eigenvalue weighted by molar-refractivity contribution is 0.127. The highest BCUT2D eigenvalue weighted by molar-refractivity contribution is 7.92. The number of nitrogens with zero attached hydrogens (tertiary/aromatic N) is 1. The van der Waals surface area contributed by atoms with Crippen molar-refractivity contribution in [3.05, 3.63) is 0 Å². The van der Waals surface area contributed by atoms with E-state index in [0.717, 1.165) is 13.1 Å². The van der Waals surface area contributed by atoms with Gasteiger partial charge in [0.25, 0.3) is 0 Å². The van der Waals surface area contributed by atoms with E-state index in [0.29, 0.717) is 24.4 Å². The number of hydrogen-bond acceptors (Lipinski definition) is 4. The van der Waals surface area contributed by atoms with E-state index < -0.39 is 9.84 Å². The lowest BCUT2D eigenvalue weighted by atomic mass is 9.96. The van der Waals surface area contributed by atoms with Gasteiger partial charge in [-0.25, -0.2) is 8.42 Å². The second-order valence-electron chi connectivity index (χ2n) is 5.86. The Labute approximate surface area is 118 Å². The minimum absolute atomic E-state index is 0.262. The summed E-state index contributed by atoms with van der Waals surface area (Å²) >= 11 is 0. The zero-order chi connectivity index (χ0) is 14.5. The first-order chi connectivity index (χ1) is 8.88. The number of sulfone groups is 1. The van der Waals surface area contributed by atoms with Crippen LogP contribution in [0.3, 0.4) is 0 Å². The molecule has 0 saturated carbocycles. The minimum Gasteiger partial charge on any atom is -0.313 e. The van der Waals surface area contributed by atoms with E-state index in [-0.39, 0.29) is 5.25 Å². The summed E-state index contributed by atoms with van der Waals surface area (Å²) in [7, 11) is -2.92. The molecule has 0 aromatic rings. The first-order valence-corrected chi connectivity index (χ1v) is 9.29. The van der Waals surface area contributed by atoms with Gasteiger partial charge < -0.3 is 5.32 Å². The zero-order valence-electron chi connectivity index (χ0n) is 12.9. The van der Waals surface area contributed by atoms with Crippen LogP contribution >= 0.6 is 0 Å². The minimum atomic E-state index is -2.92. The smallest absolute Gasteiger partial charge is 0.153 e. The molecule has 1 aliphatic heterocycles. The molecule has 0 spiro atoms. The van der Waals surface area contributed by atoms with Crippen molar-refractivity contribution < 1.29 is 8.42 Å². The average Bonchev–Trinajstić information content (AvgIpc) is 2.37. The molecule has 1 heterocycles. The topological polar surface area (TPSA) is 49.4 Å². The molecule has 0 aromatic carbocycles. The van der Waals surface area contributed by atoms with Crippen molar-refractivity contribution in [1.82, 2.24) is 10.2 Å². The second kappa shape index (κ2) is 7.60. The van der Waals surface area contributed by atoms with Crippen molar-refractivity contribution in [2.75, 3.05) is 25.4 Å². The summed E-state index contributed by atoms with van der Waals surface area (Å²) in [5.74, 6) is 0.292. The first kappa shape index (κ1) is 16.9. The predicted octanol–water partition coefficient (Wildman–Crippen LogP) is 1.66. The van der Waals surface area contributed by atoms with Crippen molar-refractivity contribution in [3.63, 3.8) is 0 Å². The summed E-state index contributed by atoms with van der Waals surface area (Å²) in [6.07, 6.45) is 3.63. The highest BCUT2D eigenvalue weighted by atomic mass is 32.2. The molecule has 5 heteroatoms. The largest absolute Gasteiger partial charge is 0.313 e. The van der Waals surface area contributed by atoms with Gasteiger partial charge >= 0.3 is 0 Å². The fraction of sp³-hybridized carbons (Fsp3) is 1.00. The van der Waals surface area contributed by atoms with Gasteiger partial charge in [0.15, 0.2) is 9.84 Å². The lowest BCUT2D eigenvalue weighted by Gasteiger charge is -2.39. The van der Waals surface area contributed by atoms with Crippen LogP contribution in [0.25, 0.3) is 0 Å². The Morgan fingerprint density at radius 2 is 1.95 bits per heavy atom. The van der Waals surface area contributed by atoms with Crippen molar-refractivity contribution in [2.24, 2.45) is 0 Å². The highest BCUT2D eigenvalue weighted by Crippen LogP contribution is 2.20. The molecule has 1 fully saturated rings. The molecule has 0 amide bonds. The molecule has 4 nitrogen and oxygen atoms in total. The van der Waals surface area contributed by atoms with E-state index in [9.17, 15) is 8.42 Å². The van der Waals surface area contributed by atoms with E-state index in [1.807, 2.05) is 0 Å². The van der Waals surface area contributed by atoms with Gasteiger partial charge in [0.05, 0.1) is 11.0 Å². The van der Waals surface area contributed by atoms with E-state index >= 15 is 0 Å². The molecule has 19 heavy (non-hydrogen) atoms. The molecule has 0 radical (unpaired) electrons. The number of rotatable bonds is 7. The number of nitrogens with one attached hydrogen (secondary N) is 1. The van der Waals surface area contributed by atoms with Gasteiger partial charge in [-0.15, -0.1) is 0 Å². The Morgan fingerprint density at radius 3 is 2.53 bits per heavy atom. The van der Waals surface area contributed by atoms with Crippen LogP contribution in [0.5, 0.6) is 0 Å². The second-order valence-corrected chi connectivity index (χ2v) is 8.54. The number of likely N-dealkylation sites (tertiary alicyclic amines) is 1. The van der Waals surface area contributed by atoms with Crippen molar-refractivity contribution >= 4 is 9.84 Å². The summed E-state index contributed by atoms with van der Waals surface area (Å²) in [5.41, 5.74) is 0. The summed E-state index contributed by atoms with van der Waals surface area (Å²) in [6.45, 7) is 10.6. The maximum Gasteiger partial charge on any atom is 0.153 e. The van der Waals surface area contributed by atoms with Crippen molar-refractivity contribution in [1.29, 1.82) is 0 Å². The van der Waals surface area contributed by atoms with Crippen LogP contribution in [0.4, 0.5) is 0 Å². The molecule has 114 valence electrons. The molecular weight excluding hydrogens is 260 g/mol. The molecule has 1 aliphatic rings. The maximum absolute atomic E-state index is 11.9. The van der Waals surface area contributed by atoms with Crippen LogP contribution in [0.1, 0.15) is 47.0 Å². The Morgan fingerprint density at radius 1 is 1.26 bits per heavy atom. The van der Waals surface area contributed by atoms with E-state index in [2.05, 4.69) is 24.1 Å². The molecule has 2 atom stereocenters. The normalized spacial score (nSPS) is 23.7. The Bertz CT molecular complexity index is 354. The summed E-state index contributed by atoms with van der Waals surface area (Å²) < 4.78 is 23.9. The Kier molecular flexibility index (Phi) is 6.77. The van der Waals surface area contributed by atoms with Crippen LogP contribution in [-0.2, 0) is 9.84 Å². The SMILES string of the molecule is CCNC(C)C1CCCCN1CCS(=O)(=O)C(C)C. The van der Waals surface area contributed by atoms with E-state index in [1.165, 1.54) is 19.3 Å².